The van der Waals surface area contributed by atoms with Crippen molar-refractivity contribution in [2.75, 3.05) is 6.54 Å². The number of hydrogen-bond acceptors (Lipinski definition) is 3. The fraction of sp³-hybridized carbons (Fsp3) is 0.467. The van der Waals surface area contributed by atoms with Crippen LogP contribution in [0.1, 0.15) is 35.7 Å². The molecular formula is C15H22N4. The lowest BCUT2D eigenvalue weighted by atomic mass is 10.1. The third-order valence-electron chi connectivity index (χ3n) is 3.23. The molecule has 2 aromatic heterocycles. The van der Waals surface area contributed by atoms with Gasteiger partial charge in [-0.05, 0) is 38.6 Å². The molecule has 0 saturated heterocycles. The zero-order valence-corrected chi connectivity index (χ0v) is 12.1. The lowest BCUT2D eigenvalue weighted by molar-refractivity contribution is 0.516. The number of aromatic nitrogens is 3. The third kappa shape index (κ3) is 3.41. The predicted octanol–water partition coefficient (Wildman–Crippen LogP) is 2.33. The van der Waals surface area contributed by atoms with E-state index in [9.17, 15) is 0 Å². The van der Waals surface area contributed by atoms with Gasteiger partial charge >= 0.3 is 0 Å². The van der Waals surface area contributed by atoms with Crippen LogP contribution >= 0.6 is 0 Å². The van der Waals surface area contributed by atoms with Crippen molar-refractivity contribution in [1.82, 2.24) is 20.1 Å². The van der Waals surface area contributed by atoms with Crippen molar-refractivity contribution in [1.29, 1.82) is 0 Å². The molecule has 0 radical (unpaired) electrons. The SMILES string of the molecule is CCNC(Cc1cc(C)nn1C)c1cccc(C)n1. The normalized spacial score (nSPS) is 12.6. The van der Waals surface area contributed by atoms with Crippen molar-refractivity contribution in [3.63, 3.8) is 0 Å². The largest absolute Gasteiger partial charge is 0.309 e. The van der Waals surface area contributed by atoms with Crippen molar-refractivity contribution < 1.29 is 0 Å². The van der Waals surface area contributed by atoms with E-state index < -0.39 is 0 Å². The number of rotatable bonds is 5. The number of pyridine rings is 1. The van der Waals surface area contributed by atoms with Crippen LogP contribution in [0.5, 0.6) is 0 Å². The predicted molar refractivity (Wildman–Crippen MR) is 77.0 cm³/mol. The van der Waals surface area contributed by atoms with E-state index in [4.69, 9.17) is 0 Å². The summed E-state index contributed by atoms with van der Waals surface area (Å²) in [7, 11) is 2.00. The summed E-state index contributed by atoms with van der Waals surface area (Å²) in [5.74, 6) is 0. The first kappa shape index (κ1) is 13.7. The Bertz CT molecular complexity index is 545. The van der Waals surface area contributed by atoms with Gasteiger partial charge in [0.25, 0.3) is 0 Å². The number of aryl methyl sites for hydroxylation is 3. The first-order valence-corrected chi connectivity index (χ1v) is 6.76. The maximum Gasteiger partial charge on any atom is 0.0596 e. The summed E-state index contributed by atoms with van der Waals surface area (Å²) in [6, 6.07) is 8.56. The van der Waals surface area contributed by atoms with E-state index in [0.29, 0.717) is 0 Å². The zero-order valence-electron chi connectivity index (χ0n) is 12.1. The lowest BCUT2D eigenvalue weighted by Gasteiger charge is -2.17. The summed E-state index contributed by atoms with van der Waals surface area (Å²) in [5.41, 5.74) is 4.44. The minimum atomic E-state index is 0.236. The summed E-state index contributed by atoms with van der Waals surface area (Å²) >= 11 is 0. The van der Waals surface area contributed by atoms with E-state index in [0.717, 1.165) is 30.0 Å². The highest BCUT2D eigenvalue weighted by atomic mass is 15.3. The highest BCUT2D eigenvalue weighted by Crippen LogP contribution is 2.17. The fourth-order valence-electron chi connectivity index (χ4n) is 2.35. The average molecular weight is 258 g/mol. The Morgan fingerprint density at radius 2 is 2.05 bits per heavy atom. The van der Waals surface area contributed by atoms with Crippen LogP contribution in [0.15, 0.2) is 24.3 Å². The molecule has 102 valence electrons. The van der Waals surface area contributed by atoms with Crippen molar-refractivity contribution in [3.8, 4) is 0 Å². The molecule has 0 aromatic carbocycles. The number of likely N-dealkylation sites (N-methyl/N-ethyl adjacent to an activating group) is 1. The lowest BCUT2D eigenvalue weighted by Crippen LogP contribution is -2.25. The first-order chi connectivity index (χ1) is 9.10. The minimum Gasteiger partial charge on any atom is -0.309 e. The van der Waals surface area contributed by atoms with Gasteiger partial charge in [-0.2, -0.15) is 5.10 Å². The van der Waals surface area contributed by atoms with E-state index in [2.05, 4.69) is 40.5 Å². The topological polar surface area (TPSA) is 42.7 Å². The van der Waals surface area contributed by atoms with Crippen LogP contribution in [-0.2, 0) is 13.5 Å². The molecule has 0 fully saturated rings. The van der Waals surface area contributed by atoms with E-state index in [1.807, 2.05) is 31.6 Å². The Kier molecular flexibility index (Phi) is 4.32. The van der Waals surface area contributed by atoms with E-state index in [-0.39, 0.29) is 6.04 Å². The summed E-state index contributed by atoms with van der Waals surface area (Å²) in [6.07, 6.45) is 0.904. The number of nitrogens with zero attached hydrogens (tertiary/aromatic N) is 3. The highest BCUT2D eigenvalue weighted by Gasteiger charge is 2.15. The average Bonchev–Trinajstić information content (AvgIpc) is 2.67. The van der Waals surface area contributed by atoms with Crippen LogP contribution in [0.4, 0.5) is 0 Å². The minimum absolute atomic E-state index is 0.236. The molecular weight excluding hydrogens is 236 g/mol. The Hall–Kier alpha value is -1.68. The van der Waals surface area contributed by atoms with Crippen molar-refractivity contribution in [2.24, 2.45) is 7.05 Å². The molecule has 0 aliphatic rings. The molecule has 4 heteroatoms. The van der Waals surface area contributed by atoms with Crippen molar-refractivity contribution in [3.05, 3.63) is 47.0 Å². The third-order valence-corrected chi connectivity index (χ3v) is 3.23. The monoisotopic (exact) mass is 258 g/mol. The van der Waals surface area contributed by atoms with Gasteiger partial charge in [-0.1, -0.05) is 13.0 Å². The highest BCUT2D eigenvalue weighted by molar-refractivity contribution is 5.17. The first-order valence-electron chi connectivity index (χ1n) is 6.76. The summed E-state index contributed by atoms with van der Waals surface area (Å²) < 4.78 is 1.95. The molecule has 2 rings (SSSR count). The van der Waals surface area contributed by atoms with Gasteiger partial charge in [0.2, 0.25) is 0 Å². The molecule has 2 aromatic rings. The van der Waals surface area contributed by atoms with Crippen LogP contribution < -0.4 is 5.32 Å². The smallest absolute Gasteiger partial charge is 0.0596 e. The molecule has 4 nitrogen and oxygen atoms in total. The maximum absolute atomic E-state index is 4.63. The molecule has 2 heterocycles. The van der Waals surface area contributed by atoms with Gasteiger partial charge in [0.15, 0.2) is 0 Å². The standard InChI is InChI=1S/C15H22N4/c1-5-16-15(14-8-6-7-11(2)17-14)10-13-9-12(3)18-19(13)4/h6-9,15-16H,5,10H2,1-4H3. The second-order valence-corrected chi connectivity index (χ2v) is 4.92. The molecule has 0 amide bonds. The summed E-state index contributed by atoms with van der Waals surface area (Å²) in [4.78, 5) is 4.63. The van der Waals surface area contributed by atoms with Crippen LogP contribution in [-0.4, -0.2) is 21.3 Å². The summed E-state index contributed by atoms with van der Waals surface area (Å²) in [5, 5.41) is 7.91. The Labute approximate surface area is 114 Å². The summed E-state index contributed by atoms with van der Waals surface area (Å²) in [6.45, 7) is 7.10. The Morgan fingerprint density at radius 1 is 1.26 bits per heavy atom. The number of hydrogen-bond donors (Lipinski definition) is 1. The quantitative estimate of drug-likeness (QED) is 0.895. The van der Waals surface area contributed by atoms with Gasteiger partial charge < -0.3 is 5.32 Å². The van der Waals surface area contributed by atoms with Crippen molar-refractivity contribution in [2.45, 2.75) is 33.2 Å². The second kappa shape index (κ2) is 5.97. The molecule has 0 bridgehead atoms. The molecule has 0 aliphatic carbocycles. The van der Waals surface area contributed by atoms with Gasteiger partial charge in [-0.15, -0.1) is 0 Å². The second-order valence-electron chi connectivity index (χ2n) is 4.92. The van der Waals surface area contributed by atoms with E-state index in [1.165, 1.54) is 5.69 Å². The van der Waals surface area contributed by atoms with Gasteiger partial charge in [-0.3, -0.25) is 9.67 Å². The molecule has 0 saturated carbocycles. The van der Waals surface area contributed by atoms with Crippen LogP contribution in [0, 0.1) is 13.8 Å². The van der Waals surface area contributed by atoms with Gasteiger partial charge in [0.05, 0.1) is 17.4 Å². The van der Waals surface area contributed by atoms with Crippen molar-refractivity contribution >= 4 is 0 Å². The molecule has 1 atom stereocenters. The molecule has 19 heavy (non-hydrogen) atoms. The molecule has 0 spiro atoms. The fourth-order valence-corrected chi connectivity index (χ4v) is 2.35. The van der Waals surface area contributed by atoms with Crippen LogP contribution in [0.25, 0.3) is 0 Å². The molecule has 0 aliphatic heterocycles. The number of nitrogens with one attached hydrogen (secondary N) is 1. The zero-order chi connectivity index (χ0) is 13.8. The van der Waals surface area contributed by atoms with Crippen LogP contribution in [0.2, 0.25) is 0 Å². The van der Waals surface area contributed by atoms with E-state index in [1.54, 1.807) is 0 Å². The van der Waals surface area contributed by atoms with Gasteiger partial charge in [0, 0.05) is 24.9 Å². The van der Waals surface area contributed by atoms with Gasteiger partial charge in [-0.25, -0.2) is 0 Å². The Balaban J connectivity index is 2.23. The van der Waals surface area contributed by atoms with Gasteiger partial charge in [0.1, 0.15) is 0 Å². The van der Waals surface area contributed by atoms with Crippen LogP contribution in [0.3, 0.4) is 0 Å². The molecule has 1 unspecified atom stereocenters. The van der Waals surface area contributed by atoms with E-state index >= 15 is 0 Å². The maximum atomic E-state index is 4.63. The molecule has 1 N–H and O–H groups in total. The Morgan fingerprint density at radius 3 is 2.63 bits per heavy atom.